The molecule has 2 saturated carbocycles. The van der Waals surface area contributed by atoms with Gasteiger partial charge in [0.15, 0.2) is 0 Å². The number of fused-ring (bicyclic) bond motifs is 4. The summed E-state index contributed by atoms with van der Waals surface area (Å²) in [6.45, 7) is 0. The van der Waals surface area contributed by atoms with Gasteiger partial charge in [-0.2, -0.15) is 0 Å². The highest BCUT2D eigenvalue weighted by molar-refractivity contribution is 5.04. The van der Waals surface area contributed by atoms with Gasteiger partial charge >= 0.3 is 0 Å². The molecule has 2 aliphatic heterocycles. The summed E-state index contributed by atoms with van der Waals surface area (Å²) in [5, 5.41) is 0. The fourth-order valence-corrected chi connectivity index (χ4v) is 5.37. The van der Waals surface area contributed by atoms with E-state index in [9.17, 15) is 0 Å². The summed E-state index contributed by atoms with van der Waals surface area (Å²) in [4.78, 5) is 2.94. The van der Waals surface area contributed by atoms with Gasteiger partial charge in [-0.15, -0.1) is 0 Å². The molecule has 4 aliphatic rings. The van der Waals surface area contributed by atoms with E-state index >= 15 is 0 Å². The molecule has 5 atom stereocenters. The second-order valence-electron chi connectivity index (χ2n) is 6.81. The predicted molar refractivity (Wildman–Crippen MR) is 65.1 cm³/mol. The van der Waals surface area contributed by atoms with Gasteiger partial charge in [-0.05, 0) is 56.8 Å². The van der Waals surface area contributed by atoms with Gasteiger partial charge in [0.25, 0.3) is 0 Å². The topological polar surface area (TPSA) is 29.3 Å². The van der Waals surface area contributed by atoms with Gasteiger partial charge in [-0.25, -0.2) is 0 Å². The molecule has 2 aliphatic carbocycles. The van der Waals surface area contributed by atoms with E-state index in [1.54, 1.807) is 6.42 Å². The molecule has 4 bridgehead atoms. The van der Waals surface area contributed by atoms with Crippen LogP contribution >= 0.6 is 0 Å². The van der Waals surface area contributed by atoms with Gasteiger partial charge in [-0.1, -0.05) is 6.42 Å². The predicted octanol–water partition coefficient (Wildman–Crippen LogP) is 2.13. The van der Waals surface area contributed by atoms with E-state index in [2.05, 4.69) is 4.90 Å². The molecule has 0 aromatic heterocycles. The van der Waals surface area contributed by atoms with Crippen LogP contribution in [0.2, 0.25) is 0 Å². The van der Waals surface area contributed by atoms with Crippen LogP contribution in [0, 0.1) is 11.8 Å². The minimum atomic E-state index is 0.507. The van der Waals surface area contributed by atoms with Crippen molar-refractivity contribution in [2.45, 2.75) is 75.5 Å². The average molecular weight is 220 g/mol. The first-order chi connectivity index (χ1) is 7.81. The molecule has 4 rings (SSSR count). The van der Waals surface area contributed by atoms with Gasteiger partial charge in [0, 0.05) is 24.2 Å². The van der Waals surface area contributed by atoms with Crippen molar-refractivity contribution in [1.82, 2.24) is 4.90 Å². The molecule has 0 spiro atoms. The SMILES string of the molecule is NC1CC2CCC(C1)N2C1CC2CCC1C2. The summed E-state index contributed by atoms with van der Waals surface area (Å²) < 4.78 is 0. The number of hydrogen-bond donors (Lipinski definition) is 1. The van der Waals surface area contributed by atoms with Crippen molar-refractivity contribution in [1.29, 1.82) is 0 Å². The van der Waals surface area contributed by atoms with Crippen LogP contribution in [0.15, 0.2) is 0 Å². The zero-order valence-corrected chi connectivity index (χ0v) is 10.1. The van der Waals surface area contributed by atoms with E-state index in [4.69, 9.17) is 5.73 Å². The van der Waals surface area contributed by atoms with Crippen molar-refractivity contribution < 1.29 is 0 Å². The fraction of sp³-hybridized carbons (Fsp3) is 1.00. The van der Waals surface area contributed by atoms with Crippen molar-refractivity contribution in [3.8, 4) is 0 Å². The lowest BCUT2D eigenvalue weighted by Gasteiger charge is -2.44. The molecule has 0 radical (unpaired) electrons. The first-order valence-electron chi connectivity index (χ1n) is 7.34. The van der Waals surface area contributed by atoms with Crippen LogP contribution in [0.25, 0.3) is 0 Å². The Kier molecular flexibility index (Phi) is 2.14. The highest BCUT2D eigenvalue weighted by Gasteiger charge is 2.49. The number of piperidine rings is 1. The third kappa shape index (κ3) is 1.32. The van der Waals surface area contributed by atoms with Gasteiger partial charge in [0.1, 0.15) is 0 Å². The summed E-state index contributed by atoms with van der Waals surface area (Å²) in [6.07, 6.45) is 11.6. The fourth-order valence-electron chi connectivity index (χ4n) is 5.37. The lowest BCUT2D eigenvalue weighted by Crippen LogP contribution is -2.53. The van der Waals surface area contributed by atoms with E-state index in [1.165, 1.54) is 44.9 Å². The molecule has 5 unspecified atom stereocenters. The summed E-state index contributed by atoms with van der Waals surface area (Å²) in [5.74, 6) is 2.15. The molecule has 2 saturated heterocycles. The Bertz CT molecular complexity index is 276. The summed E-state index contributed by atoms with van der Waals surface area (Å²) in [6, 6.07) is 3.19. The first kappa shape index (κ1) is 9.90. The maximum absolute atomic E-state index is 6.17. The third-order valence-electron chi connectivity index (χ3n) is 5.91. The average Bonchev–Trinajstić information content (AvgIpc) is 2.91. The van der Waals surface area contributed by atoms with Gasteiger partial charge < -0.3 is 5.73 Å². The number of hydrogen-bond acceptors (Lipinski definition) is 2. The van der Waals surface area contributed by atoms with Crippen LogP contribution in [0.3, 0.4) is 0 Å². The van der Waals surface area contributed by atoms with E-state index < -0.39 is 0 Å². The standard InChI is InChI=1S/C14H24N2/c15-11-7-12-3-4-13(8-11)16(12)14-6-9-1-2-10(14)5-9/h9-14H,1-8,15H2. The Labute approximate surface area is 98.6 Å². The Hall–Kier alpha value is -0.0800. The van der Waals surface area contributed by atoms with Crippen molar-refractivity contribution in [3.63, 3.8) is 0 Å². The quantitative estimate of drug-likeness (QED) is 0.733. The second kappa shape index (κ2) is 3.46. The lowest BCUT2D eigenvalue weighted by molar-refractivity contribution is 0.0489. The monoisotopic (exact) mass is 220 g/mol. The van der Waals surface area contributed by atoms with Gasteiger partial charge in [0.05, 0.1) is 0 Å². The molecule has 0 aromatic carbocycles. The highest BCUT2D eigenvalue weighted by atomic mass is 15.3. The van der Waals surface area contributed by atoms with Crippen LogP contribution in [-0.4, -0.2) is 29.1 Å². The summed E-state index contributed by atoms with van der Waals surface area (Å²) >= 11 is 0. The molecule has 2 nitrogen and oxygen atoms in total. The van der Waals surface area contributed by atoms with Crippen molar-refractivity contribution in [2.24, 2.45) is 17.6 Å². The van der Waals surface area contributed by atoms with E-state index in [0.29, 0.717) is 6.04 Å². The van der Waals surface area contributed by atoms with Crippen LogP contribution in [0.4, 0.5) is 0 Å². The van der Waals surface area contributed by atoms with E-state index in [0.717, 1.165) is 30.0 Å². The largest absolute Gasteiger partial charge is 0.328 e. The zero-order valence-electron chi connectivity index (χ0n) is 10.1. The first-order valence-corrected chi connectivity index (χ1v) is 7.34. The Morgan fingerprint density at radius 1 is 0.812 bits per heavy atom. The van der Waals surface area contributed by atoms with Crippen molar-refractivity contribution >= 4 is 0 Å². The molecule has 4 fully saturated rings. The Morgan fingerprint density at radius 2 is 1.56 bits per heavy atom. The summed E-state index contributed by atoms with van der Waals surface area (Å²) in [7, 11) is 0. The Balaban J connectivity index is 1.56. The molecule has 2 heterocycles. The smallest absolute Gasteiger partial charge is 0.0132 e. The highest BCUT2D eigenvalue weighted by Crippen LogP contribution is 2.50. The molecule has 0 amide bonds. The molecule has 2 N–H and O–H groups in total. The lowest BCUT2D eigenvalue weighted by atomic mass is 9.89. The maximum atomic E-state index is 6.17. The molecular weight excluding hydrogens is 196 g/mol. The number of rotatable bonds is 1. The number of nitrogens with zero attached hydrogens (tertiary/aromatic N) is 1. The minimum Gasteiger partial charge on any atom is -0.328 e. The zero-order chi connectivity index (χ0) is 10.7. The van der Waals surface area contributed by atoms with Crippen LogP contribution in [-0.2, 0) is 0 Å². The molecule has 0 aromatic rings. The van der Waals surface area contributed by atoms with E-state index in [1.807, 2.05) is 0 Å². The second-order valence-corrected chi connectivity index (χ2v) is 6.81. The molecular formula is C14H24N2. The van der Waals surface area contributed by atoms with Crippen LogP contribution in [0.5, 0.6) is 0 Å². The summed E-state index contributed by atoms with van der Waals surface area (Å²) in [5.41, 5.74) is 6.17. The van der Waals surface area contributed by atoms with E-state index in [-0.39, 0.29) is 0 Å². The minimum absolute atomic E-state index is 0.507. The number of nitrogens with two attached hydrogens (primary N) is 1. The van der Waals surface area contributed by atoms with Gasteiger partial charge in [0.2, 0.25) is 0 Å². The molecule has 2 heteroatoms. The molecule has 16 heavy (non-hydrogen) atoms. The van der Waals surface area contributed by atoms with Crippen LogP contribution in [0.1, 0.15) is 51.4 Å². The van der Waals surface area contributed by atoms with Crippen molar-refractivity contribution in [2.75, 3.05) is 0 Å². The Morgan fingerprint density at radius 3 is 2.12 bits per heavy atom. The third-order valence-corrected chi connectivity index (χ3v) is 5.91. The molecule has 90 valence electrons. The maximum Gasteiger partial charge on any atom is 0.0132 e. The van der Waals surface area contributed by atoms with Gasteiger partial charge in [-0.3, -0.25) is 4.90 Å². The normalized spacial score (nSPS) is 56.1. The van der Waals surface area contributed by atoms with Crippen LogP contribution < -0.4 is 5.73 Å². The van der Waals surface area contributed by atoms with Crippen molar-refractivity contribution in [3.05, 3.63) is 0 Å².